The van der Waals surface area contributed by atoms with Crippen molar-refractivity contribution in [3.05, 3.63) is 35.1 Å². The van der Waals surface area contributed by atoms with Crippen LogP contribution in [0.15, 0.2) is 24.0 Å². The van der Waals surface area contributed by atoms with Crippen LogP contribution in [0.1, 0.15) is 85.3 Å². The first-order chi connectivity index (χ1) is 22.3. The Morgan fingerprint density at radius 3 is 2.42 bits per heavy atom. The molecule has 2 unspecified atom stereocenters. The van der Waals surface area contributed by atoms with Gasteiger partial charge in [0.05, 0.1) is 18.1 Å². The normalized spacial score (nSPS) is 26.9. The molecule has 0 aromatic heterocycles. The number of rotatable bonds is 9. The van der Waals surface area contributed by atoms with Crippen LogP contribution in [0.5, 0.6) is 11.5 Å². The lowest BCUT2D eigenvalue weighted by molar-refractivity contribution is -0.176. The minimum absolute atomic E-state index is 0.158. The van der Waals surface area contributed by atoms with Gasteiger partial charge in [-0.15, -0.1) is 0 Å². The lowest BCUT2D eigenvalue weighted by atomic mass is 9.50. The summed E-state index contributed by atoms with van der Waals surface area (Å²) in [4.78, 5) is 53.9. The van der Waals surface area contributed by atoms with Crippen LogP contribution in [-0.4, -0.2) is 95.8 Å². The number of esters is 3. The SMILES string of the molecule is COc1ccc2c3c1O[C@H]1C(OC(=O)C(C)OC(=O)C(CCC(=O)OC(C)(C)C)NC(=O)OC(C)(C)C)=CC[C@@]4(O)[C@@H](C2)N(C)CC[C@]314. The van der Waals surface area contributed by atoms with E-state index < -0.39 is 64.5 Å². The minimum Gasteiger partial charge on any atom is -0.493 e. The second kappa shape index (κ2) is 12.6. The van der Waals surface area contributed by atoms with Gasteiger partial charge in [0.15, 0.2) is 23.7 Å². The highest BCUT2D eigenvalue weighted by Gasteiger charge is 2.72. The van der Waals surface area contributed by atoms with Gasteiger partial charge in [0.1, 0.15) is 23.0 Å². The average molecular weight is 673 g/mol. The molecular formula is C35H48N2O11. The first-order valence-electron chi connectivity index (χ1n) is 16.4. The molecule has 2 aliphatic heterocycles. The van der Waals surface area contributed by atoms with E-state index in [0.717, 1.165) is 11.1 Å². The molecule has 4 aliphatic rings. The summed E-state index contributed by atoms with van der Waals surface area (Å²) in [7, 11) is 3.56. The molecule has 5 rings (SSSR count). The van der Waals surface area contributed by atoms with Crippen LogP contribution in [0.2, 0.25) is 0 Å². The standard InChI is InChI=1S/C35H48N2O11/c1-19(44-30(40)21(36-31(41)48-33(5,6)7)11-13-25(38)47-32(2,3)4)29(39)45-23-14-15-35(42)24-18-20-10-12-22(43-9)27-26(20)34(35,28(23)46-27)16-17-37(24)8/h10,12,14,19,21,24,28,42H,11,13,15-18H2,1-9H3,(H,36,41)/t19?,21?,24-,28+,34+,35-/m1/s1. The number of hydrogen-bond donors (Lipinski definition) is 2. The van der Waals surface area contributed by atoms with E-state index >= 15 is 0 Å². The number of carbonyl (C=O) groups excluding carboxylic acids is 4. The maximum absolute atomic E-state index is 13.5. The number of alkyl carbamates (subject to hydrolysis) is 1. The number of piperidine rings is 1. The molecule has 1 spiro atoms. The Morgan fingerprint density at radius 2 is 1.77 bits per heavy atom. The molecule has 2 N–H and O–H groups in total. The van der Waals surface area contributed by atoms with Crippen molar-refractivity contribution >= 4 is 24.0 Å². The Kier molecular flexibility index (Phi) is 9.28. The maximum atomic E-state index is 13.5. The van der Waals surface area contributed by atoms with Crippen LogP contribution in [-0.2, 0) is 45.2 Å². The van der Waals surface area contributed by atoms with E-state index in [1.807, 2.05) is 19.2 Å². The fourth-order valence-electron chi connectivity index (χ4n) is 7.44. The van der Waals surface area contributed by atoms with Gasteiger partial charge in [-0.05, 0) is 99.0 Å². The molecule has 1 saturated heterocycles. The Balaban J connectivity index is 1.33. The lowest BCUT2D eigenvalue weighted by Crippen LogP contribution is -2.74. The molecule has 48 heavy (non-hydrogen) atoms. The summed E-state index contributed by atoms with van der Waals surface area (Å²) in [6.07, 6.45) is -0.367. The molecule has 13 heteroatoms. The first kappa shape index (κ1) is 35.5. The molecule has 0 saturated carbocycles. The molecule has 2 aliphatic carbocycles. The minimum atomic E-state index is -1.40. The van der Waals surface area contributed by atoms with Gasteiger partial charge in [-0.2, -0.15) is 0 Å². The van der Waals surface area contributed by atoms with Crippen molar-refractivity contribution in [2.75, 3.05) is 20.7 Å². The number of likely N-dealkylation sites (tertiary alicyclic amines) is 1. The quantitative estimate of drug-likeness (QED) is 0.291. The summed E-state index contributed by atoms with van der Waals surface area (Å²) in [5.41, 5.74) is -1.70. The Labute approximate surface area is 281 Å². The van der Waals surface area contributed by atoms with Crippen molar-refractivity contribution < 1.29 is 52.7 Å². The number of nitrogens with zero attached hydrogens (tertiary/aromatic N) is 1. The van der Waals surface area contributed by atoms with Gasteiger partial charge in [0, 0.05) is 24.4 Å². The predicted molar refractivity (Wildman–Crippen MR) is 171 cm³/mol. The molecular weight excluding hydrogens is 624 g/mol. The van der Waals surface area contributed by atoms with Crippen LogP contribution < -0.4 is 14.8 Å². The van der Waals surface area contributed by atoms with Crippen molar-refractivity contribution in [3.8, 4) is 11.5 Å². The summed E-state index contributed by atoms with van der Waals surface area (Å²) in [5, 5.41) is 14.8. The second-order valence-electron chi connectivity index (χ2n) is 15.1. The van der Waals surface area contributed by atoms with Gasteiger partial charge >= 0.3 is 24.0 Å². The molecule has 0 radical (unpaired) electrons. The number of benzene rings is 1. The number of hydrogen-bond acceptors (Lipinski definition) is 12. The third kappa shape index (κ3) is 6.46. The highest BCUT2D eigenvalue weighted by molar-refractivity contribution is 5.85. The van der Waals surface area contributed by atoms with Crippen LogP contribution in [0.4, 0.5) is 4.79 Å². The summed E-state index contributed by atoms with van der Waals surface area (Å²) in [5.74, 6) is -1.12. The van der Waals surface area contributed by atoms with Crippen molar-refractivity contribution in [1.29, 1.82) is 0 Å². The number of amides is 1. The van der Waals surface area contributed by atoms with E-state index in [2.05, 4.69) is 10.2 Å². The highest BCUT2D eigenvalue weighted by atomic mass is 16.6. The third-order valence-electron chi connectivity index (χ3n) is 9.43. The van der Waals surface area contributed by atoms with E-state index in [9.17, 15) is 24.3 Å². The third-order valence-corrected chi connectivity index (χ3v) is 9.43. The smallest absolute Gasteiger partial charge is 0.408 e. The fraction of sp³-hybridized carbons (Fsp3) is 0.657. The van der Waals surface area contributed by atoms with Crippen LogP contribution in [0, 0.1) is 0 Å². The van der Waals surface area contributed by atoms with Gasteiger partial charge in [0.2, 0.25) is 0 Å². The Bertz CT molecular complexity index is 1510. The zero-order valence-electron chi connectivity index (χ0n) is 29.3. The predicted octanol–water partition coefficient (Wildman–Crippen LogP) is 3.46. The summed E-state index contributed by atoms with van der Waals surface area (Å²) in [6.45, 7) is 12.2. The van der Waals surface area contributed by atoms with Gasteiger partial charge in [0.25, 0.3) is 0 Å². The van der Waals surface area contributed by atoms with Crippen LogP contribution in [0.3, 0.4) is 0 Å². The first-order valence-corrected chi connectivity index (χ1v) is 16.4. The Morgan fingerprint density at radius 1 is 1.08 bits per heavy atom. The summed E-state index contributed by atoms with van der Waals surface area (Å²) < 4.78 is 34.1. The summed E-state index contributed by atoms with van der Waals surface area (Å²) >= 11 is 0. The van der Waals surface area contributed by atoms with Crippen molar-refractivity contribution in [2.24, 2.45) is 0 Å². The highest BCUT2D eigenvalue weighted by Crippen LogP contribution is 2.65. The van der Waals surface area contributed by atoms with Crippen molar-refractivity contribution in [3.63, 3.8) is 0 Å². The average Bonchev–Trinajstić information content (AvgIpc) is 3.32. The molecule has 264 valence electrons. The van der Waals surface area contributed by atoms with E-state index in [0.29, 0.717) is 30.9 Å². The zero-order valence-corrected chi connectivity index (χ0v) is 29.3. The van der Waals surface area contributed by atoms with Crippen LogP contribution in [0.25, 0.3) is 0 Å². The number of carbonyl (C=O) groups is 4. The zero-order chi connectivity index (χ0) is 35.4. The van der Waals surface area contributed by atoms with Gasteiger partial charge in [-0.1, -0.05) is 6.07 Å². The van der Waals surface area contributed by atoms with Gasteiger partial charge in [-0.25, -0.2) is 14.4 Å². The number of aliphatic hydroxyl groups is 1. The maximum Gasteiger partial charge on any atom is 0.408 e. The molecule has 1 amide bonds. The molecule has 13 nitrogen and oxygen atoms in total. The van der Waals surface area contributed by atoms with E-state index in [1.165, 1.54) is 6.92 Å². The molecule has 6 atom stereocenters. The van der Waals surface area contributed by atoms with Crippen molar-refractivity contribution in [2.45, 2.75) is 127 Å². The Hall–Kier alpha value is -3.84. The topological polar surface area (TPSA) is 159 Å². The molecule has 2 heterocycles. The van der Waals surface area contributed by atoms with Crippen LogP contribution >= 0.6 is 0 Å². The largest absolute Gasteiger partial charge is 0.493 e. The monoisotopic (exact) mass is 672 g/mol. The fourth-order valence-corrected chi connectivity index (χ4v) is 7.44. The van der Waals surface area contributed by atoms with Gasteiger partial charge < -0.3 is 43.7 Å². The molecule has 1 aromatic carbocycles. The number of methoxy groups -OCH3 is 1. The number of ether oxygens (including phenoxy) is 6. The molecule has 1 fully saturated rings. The number of nitrogens with one attached hydrogen (secondary N) is 1. The lowest BCUT2D eigenvalue weighted by Gasteiger charge is -2.61. The van der Waals surface area contributed by atoms with E-state index in [-0.39, 0.29) is 31.1 Å². The van der Waals surface area contributed by atoms with Gasteiger partial charge in [-0.3, -0.25) is 4.79 Å². The second-order valence-corrected chi connectivity index (χ2v) is 15.1. The molecule has 2 bridgehead atoms. The van der Waals surface area contributed by atoms with E-state index in [4.69, 9.17) is 28.4 Å². The number of likely N-dealkylation sites (N-methyl/N-ethyl adjacent to an activating group) is 1. The van der Waals surface area contributed by atoms with E-state index in [1.54, 1.807) is 54.7 Å². The molecule has 1 aromatic rings. The summed E-state index contributed by atoms with van der Waals surface area (Å²) in [6, 6.07) is 2.37. The van der Waals surface area contributed by atoms with Crippen molar-refractivity contribution in [1.82, 2.24) is 10.2 Å².